The fourth-order valence-electron chi connectivity index (χ4n) is 3.03. The quantitative estimate of drug-likeness (QED) is 0.405. The van der Waals surface area contributed by atoms with Crippen molar-refractivity contribution in [3.8, 4) is 0 Å². The summed E-state index contributed by atoms with van der Waals surface area (Å²) in [4.78, 5) is 28.9. The average Bonchev–Trinajstić information content (AvgIpc) is 3.08. The number of aromatic carboxylic acids is 1. The summed E-state index contributed by atoms with van der Waals surface area (Å²) in [6, 6.07) is 10.4. The van der Waals surface area contributed by atoms with Crippen LogP contribution in [0.1, 0.15) is 10.4 Å². The van der Waals surface area contributed by atoms with E-state index in [1.54, 1.807) is 12.1 Å². The van der Waals surface area contributed by atoms with Crippen LogP contribution in [0.5, 0.6) is 0 Å². The zero-order valence-corrected chi connectivity index (χ0v) is 15.6. The molecule has 8 nitrogen and oxygen atoms in total. The number of aromatic amines is 2. The molecule has 0 saturated carbocycles. The molecule has 0 atom stereocenters. The Morgan fingerprint density at radius 3 is 2.61 bits per heavy atom. The number of nitrogens with one attached hydrogen (secondary N) is 3. The maximum absolute atomic E-state index is 12.6. The van der Waals surface area contributed by atoms with Gasteiger partial charge in [-0.1, -0.05) is 23.7 Å². The Balaban J connectivity index is 1.90. The predicted molar refractivity (Wildman–Crippen MR) is 106 cm³/mol. The number of H-pyrrole nitrogens is 2. The molecule has 0 saturated heterocycles. The van der Waals surface area contributed by atoms with E-state index >= 15 is 0 Å². The highest BCUT2D eigenvalue weighted by atomic mass is 35.5. The van der Waals surface area contributed by atoms with Crippen molar-refractivity contribution in [1.29, 1.82) is 0 Å². The molecule has 4 N–H and O–H groups in total. The number of hydrogen-bond acceptors (Lipinski definition) is 4. The lowest BCUT2D eigenvalue weighted by Gasteiger charge is -2.10. The van der Waals surface area contributed by atoms with Gasteiger partial charge in [-0.05, 0) is 30.3 Å². The van der Waals surface area contributed by atoms with Gasteiger partial charge in [0, 0.05) is 28.2 Å². The summed E-state index contributed by atoms with van der Waals surface area (Å²) in [6.45, 7) is 0. The molecule has 0 fully saturated rings. The summed E-state index contributed by atoms with van der Waals surface area (Å²) >= 11 is 5.98. The van der Waals surface area contributed by atoms with Crippen molar-refractivity contribution >= 4 is 55.1 Å². The SMILES string of the molecule is O=C(O)c1c[nH]c2c(=O)[nH]c3ccc(NS(=O)(=O)c4ccccc4Cl)cc3c12. The second-order valence-electron chi connectivity index (χ2n) is 6.01. The van der Waals surface area contributed by atoms with Crippen LogP contribution in [0, 0.1) is 0 Å². The maximum atomic E-state index is 12.6. The molecule has 0 amide bonds. The third-order valence-corrected chi connectivity index (χ3v) is 6.13. The molecule has 10 heteroatoms. The lowest BCUT2D eigenvalue weighted by Crippen LogP contribution is -2.13. The number of carboxylic acid groups (broad SMARTS) is 1. The van der Waals surface area contributed by atoms with Crippen molar-refractivity contribution in [3.05, 3.63) is 69.6 Å². The van der Waals surface area contributed by atoms with E-state index in [0.29, 0.717) is 10.9 Å². The highest BCUT2D eigenvalue weighted by Crippen LogP contribution is 2.29. The second-order valence-corrected chi connectivity index (χ2v) is 8.07. The summed E-state index contributed by atoms with van der Waals surface area (Å²) in [5, 5.41) is 10.1. The molecule has 4 rings (SSSR count). The van der Waals surface area contributed by atoms with Gasteiger partial charge in [0.05, 0.1) is 10.6 Å². The van der Waals surface area contributed by atoms with Gasteiger partial charge in [0.25, 0.3) is 15.6 Å². The number of fused-ring (bicyclic) bond motifs is 3. The third kappa shape index (κ3) is 2.90. The highest BCUT2D eigenvalue weighted by molar-refractivity contribution is 7.92. The number of halogens is 1. The number of rotatable bonds is 4. The first-order chi connectivity index (χ1) is 13.3. The minimum atomic E-state index is -3.97. The molecule has 2 heterocycles. The van der Waals surface area contributed by atoms with Gasteiger partial charge in [0.2, 0.25) is 0 Å². The van der Waals surface area contributed by atoms with E-state index in [2.05, 4.69) is 14.7 Å². The smallest absolute Gasteiger partial charge is 0.337 e. The van der Waals surface area contributed by atoms with Gasteiger partial charge in [0.1, 0.15) is 10.4 Å². The topological polar surface area (TPSA) is 132 Å². The van der Waals surface area contributed by atoms with Crippen LogP contribution in [0.3, 0.4) is 0 Å². The van der Waals surface area contributed by atoms with Crippen LogP contribution < -0.4 is 10.3 Å². The Morgan fingerprint density at radius 2 is 1.89 bits per heavy atom. The Hall–Kier alpha value is -3.30. The van der Waals surface area contributed by atoms with Crippen LogP contribution in [0.15, 0.2) is 58.4 Å². The zero-order chi connectivity index (χ0) is 20.1. The van der Waals surface area contributed by atoms with Gasteiger partial charge in [0.15, 0.2) is 0 Å². The van der Waals surface area contributed by atoms with E-state index in [-0.39, 0.29) is 32.1 Å². The van der Waals surface area contributed by atoms with E-state index in [4.69, 9.17) is 11.6 Å². The predicted octanol–water partition coefficient (Wildman–Crippen LogP) is 3.16. The van der Waals surface area contributed by atoms with E-state index in [1.807, 2.05) is 0 Å². The molecule has 0 aliphatic rings. The van der Waals surface area contributed by atoms with Gasteiger partial charge in [-0.2, -0.15) is 0 Å². The minimum Gasteiger partial charge on any atom is -0.478 e. The maximum Gasteiger partial charge on any atom is 0.337 e. The van der Waals surface area contributed by atoms with E-state index in [1.165, 1.54) is 36.5 Å². The molecule has 0 bridgehead atoms. The van der Waals surface area contributed by atoms with Crippen molar-refractivity contribution in [1.82, 2.24) is 9.97 Å². The molecule has 0 unspecified atom stereocenters. The molecule has 0 spiro atoms. The summed E-state index contributed by atoms with van der Waals surface area (Å²) in [5.41, 5.74) is 0.103. The van der Waals surface area contributed by atoms with Crippen molar-refractivity contribution < 1.29 is 18.3 Å². The first kappa shape index (κ1) is 18.1. The van der Waals surface area contributed by atoms with E-state index < -0.39 is 21.6 Å². The molecule has 2 aromatic heterocycles. The molecule has 4 aromatic rings. The number of pyridine rings is 1. The fraction of sp³-hybridized carbons (Fsp3) is 0. The Kier molecular flexibility index (Phi) is 4.13. The van der Waals surface area contributed by atoms with Gasteiger partial charge in [-0.25, -0.2) is 13.2 Å². The number of hydrogen-bond donors (Lipinski definition) is 4. The highest BCUT2D eigenvalue weighted by Gasteiger charge is 2.20. The number of carboxylic acids is 1. The monoisotopic (exact) mass is 417 g/mol. The third-order valence-electron chi connectivity index (χ3n) is 4.25. The van der Waals surface area contributed by atoms with Crippen molar-refractivity contribution in [2.75, 3.05) is 4.72 Å². The lowest BCUT2D eigenvalue weighted by molar-refractivity contribution is 0.0699. The molecular formula is C18H12ClN3O5S. The van der Waals surface area contributed by atoms with Crippen LogP contribution in [0.4, 0.5) is 5.69 Å². The van der Waals surface area contributed by atoms with Crippen molar-refractivity contribution in [3.63, 3.8) is 0 Å². The number of anilines is 1. The number of benzene rings is 2. The number of aromatic nitrogens is 2. The first-order valence-corrected chi connectivity index (χ1v) is 9.82. The largest absolute Gasteiger partial charge is 0.478 e. The molecule has 2 aromatic carbocycles. The lowest BCUT2D eigenvalue weighted by atomic mass is 10.1. The first-order valence-electron chi connectivity index (χ1n) is 7.96. The number of sulfonamides is 1. The van der Waals surface area contributed by atoms with Crippen LogP contribution in [0.25, 0.3) is 21.8 Å². The van der Waals surface area contributed by atoms with Crippen molar-refractivity contribution in [2.45, 2.75) is 4.90 Å². The molecule has 0 radical (unpaired) electrons. The van der Waals surface area contributed by atoms with Gasteiger partial charge >= 0.3 is 5.97 Å². The molecular weight excluding hydrogens is 406 g/mol. The Morgan fingerprint density at radius 1 is 1.14 bits per heavy atom. The molecule has 0 aliphatic carbocycles. The standard InChI is InChI=1S/C18H12ClN3O5S/c19-12-3-1-2-4-14(12)28(26,27)22-9-5-6-13-10(7-9)15-11(18(24)25)8-20-16(15)17(23)21-13/h1-8,20,22H,(H,21,23)(H,24,25). The molecule has 28 heavy (non-hydrogen) atoms. The van der Waals surface area contributed by atoms with Crippen LogP contribution in [-0.2, 0) is 10.0 Å². The molecule has 142 valence electrons. The van der Waals surface area contributed by atoms with Crippen molar-refractivity contribution in [2.24, 2.45) is 0 Å². The van der Waals surface area contributed by atoms with Crippen LogP contribution in [0.2, 0.25) is 5.02 Å². The summed E-state index contributed by atoms with van der Waals surface area (Å²) in [7, 11) is -3.97. The van der Waals surface area contributed by atoms with Crippen LogP contribution >= 0.6 is 11.6 Å². The zero-order valence-electron chi connectivity index (χ0n) is 14.0. The fourth-order valence-corrected chi connectivity index (χ4v) is 4.60. The summed E-state index contributed by atoms with van der Waals surface area (Å²) in [5.74, 6) is -1.21. The summed E-state index contributed by atoms with van der Waals surface area (Å²) < 4.78 is 27.7. The normalized spacial score (nSPS) is 11.8. The van der Waals surface area contributed by atoms with Gasteiger partial charge in [-0.3, -0.25) is 9.52 Å². The van der Waals surface area contributed by atoms with Gasteiger partial charge < -0.3 is 15.1 Å². The van der Waals surface area contributed by atoms with E-state index in [0.717, 1.165) is 0 Å². The Bertz CT molecular complexity index is 1420. The van der Waals surface area contributed by atoms with Crippen LogP contribution in [-0.4, -0.2) is 29.5 Å². The van der Waals surface area contributed by atoms with Gasteiger partial charge in [-0.15, -0.1) is 0 Å². The summed E-state index contributed by atoms with van der Waals surface area (Å²) in [6.07, 6.45) is 1.22. The second kappa shape index (κ2) is 6.39. The number of carbonyl (C=O) groups is 1. The average molecular weight is 418 g/mol. The van der Waals surface area contributed by atoms with E-state index in [9.17, 15) is 23.1 Å². The Labute approximate surface area is 162 Å². The minimum absolute atomic E-state index is 0.0707. The molecule has 0 aliphatic heterocycles.